The topological polar surface area (TPSA) is 126 Å². The second kappa shape index (κ2) is 6.59. The zero-order chi connectivity index (χ0) is 16.9. The average molecular weight is 321 g/mol. The van der Waals surface area contributed by atoms with Crippen molar-refractivity contribution in [2.24, 2.45) is 5.11 Å². The molecule has 3 aromatic rings. The average Bonchev–Trinajstić information content (AvgIpc) is 2.61. The highest BCUT2D eigenvalue weighted by molar-refractivity contribution is 5.92. The van der Waals surface area contributed by atoms with Crippen LogP contribution in [0.1, 0.15) is 10.5 Å². The number of fused-ring (bicyclic) bond motifs is 1. The number of ether oxygens (including phenoxy) is 1. The van der Waals surface area contributed by atoms with Crippen molar-refractivity contribution in [2.45, 2.75) is 0 Å². The van der Waals surface area contributed by atoms with Gasteiger partial charge >= 0.3 is 0 Å². The molecule has 1 N–H and O–H groups in total. The van der Waals surface area contributed by atoms with E-state index in [1.54, 1.807) is 36.5 Å². The van der Waals surface area contributed by atoms with Crippen LogP contribution in [-0.2, 0) is 0 Å². The fourth-order valence-electron chi connectivity index (χ4n) is 2.02. The van der Waals surface area contributed by atoms with Gasteiger partial charge in [-0.1, -0.05) is 0 Å². The lowest BCUT2D eigenvalue weighted by atomic mass is 10.2. The van der Waals surface area contributed by atoms with Gasteiger partial charge in [-0.25, -0.2) is 9.97 Å². The quantitative estimate of drug-likeness (QED) is 0.449. The molecule has 24 heavy (non-hydrogen) atoms. The van der Waals surface area contributed by atoms with Crippen molar-refractivity contribution in [3.05, 3.63) is 58.9 Å². The van der Waals surface area contributed by atoms with Crippen LogP contribution < -0.4 is 10.1 Å². The van der Waals surface area contributed by atoms with Crippen molar-refractivity contribution in [1.82, 2.24) is 20.3 Å². The molecule has 118 valence electrons. The summed E-state index contributed by atoms with van der Waals surface area (Å²) in [5, 5.41) is 6.59. The molecule has 0 bridgehead atoms. The number of hydrogen-bond acceptors (Lipinski definition) is 6. The van der Waals surface area contributed by atoms with Crippen LogP contribution in [0.25, 0.3) is 21.3 Å². The van der Waals surface area contributed by atoms with Crippen molar-refractivity contribution in [3.63, 3.8) is 0 Å². The molecule has 0 saturated heterocycles. The highest BCUT2D eigenvalue weighted by Crippen LogP contribution is 2.25. The summed E-state index contributed by atoms with van der Waals surface area (Å²) in [5.74, 6) is 0.798. The normalized spacial score (nSPS) is 10.0. The molecule has 1 amide bonds. The van der Waals surface area contributed by atoms with Gasteiger partial charge in [-0.05, 0) is 34.9 Å². The number of amides is 1. The number of hydrogen-bond donors (Lipinski definition) is 1. The maximum Gasteiger partial charge on any atom is 0.269 e. The van der Waals surface area contributed by atoms with Gasteiger partial charge in [0.1, 0.15) is 17.2 Å². The zero-order valence-electron chi connectivity index (χ0n) is 12.5. The Kier molecular flexibility index (Phi) is 4.17. The van der Waals surface area contributed by atoms with Crippen LogP contribution in [0.15, 0.2) is 47.8 Å². The van der Waals surface area contributed by atoms with Gasteiger partial charge in [-0.2, -0.15) is 0 Å². The van der Waals surface area contributed by atoms with Crippen LogP contribution in [-0.4, -0.2) is 27.9 Å². The predicted molar refractivity (Wildman–Crippen MR) is 86.0 cm³/mol. The Bertz CT molecular complexity index is 967. The molecule has 0 aliphatic carbocycles. The van der Waals surface area contributed by atoms with Gasteiger partial charge in [0.2, 0.25) is 5.95 Å². The van der Waals surface area contributed by atoms with Crippen LogP contribution in [0.2, 0.25) is 0 Å². The van der Waals surface area contributed by atoms with Crippen LogP contribution >= 0.6 is 0 Å². The van der Waals surface area contributed by atoms with Crippen LogP contribution in [0.5, 0.6) is 11.5 Å². The number of carbonyl (C=O) groups excluding carboxylic acids is 1. The molecule has 2 aromatic heterocycles. The molecule has 0 aliphatic heterocycles. The number of nitrogens with one attached hydrogen (secondary N) is 1. The SMILES string of the molecule is CNC(=O)c1cc(Oc2ccc3nc(N=[N+]=[N-])ncc3c2)ccn1. The number of rotatable bonds is 4. The number of benzene rings is 1. The third kappa shape index (κ3) is 3.21. The number of aromatic nitrogens is 3. The first-order chi connectivity index (χ1) is 11.7. The van der Waals surface area contributed by atoms with E-state index < -0.39 is 0 Å². The Hall–Kier alpha value is -3.71. The summed E-state index contributed by atoms with van der Waals surface area (Å²) in [6.45, 7) is 0. The van der Waals surface area contributed by atoms with Gasteiger partial charge in [0.05, 0.1) is 5.52 Å². The summed E-state index contributed by atoms with van der Waals surface area (Å²) in [4.78, 5) is 26.3. The summed E-state index contributed by atoms with van der Waals surface area (Å²) in [6.07, 6.45) is 3.04. The zero-order valence-corrected chi connectivity index (χ0v) is 12.5. The van der Waals surface area contributed by atoms with Crippen molar-refractivity contribution in [2.75, 3.05) is 7.05 Å². The summed E-state index contributed by atoms with van der Waals surface area (Å²) >= 11 is 0. The van der Waals surface area contributed by atoms with Gasteiger partial charge in [-0.15, -0.1) is 0 Å². The largest absolute Gasteiger partial charge is 0.457 e. The Morgan fingerprint density at radius 2 is 2.08 bits per heavy atom. The third-order valence-corrected chi connectivity index (χ3v) is 3.10. The smallest absolute Gasteiger partial charge is 0.269 e. The van der Waals surface area contributed by atoms with E-state index >= 15 is 0 Å². The minimum atomic E-state index is -0.294. The molecule has 0 fully saturated rings. The van der Waals surface area contributed by atoms with Crippen LogP contribution in [0.3, 0.4) is 0 Å². The molecule has 1 aromatic carbocycles. The van der Waals surface area contributed by atoms with E-state index in [-0.39, 0.29) is 17.5 Å². The second-order valence-electron chi connectivity index (χ2n) is 4.64. The molecule has 0 radical (unpaired) electrons. The first-order valence-electron chi connectivity index (χ1n) is 6.87. The number of carbonyl (C=O) groups is 1. The predicted octanol–water partition coefficient (Wildman–Crippen LogP) is 3.12. The lowest BCUT2D eigenvalue weighted by Gasteiger charge is -2.07. The second-order valence-corrected chi connectivity index (χ2v) is 4.64. The van der Waals surface area contributed by atoms with Gasteiger partial charge < -0.3 is 10.1 Å². The number of nitrogens with zero attached hydrogens (tertiary/aromatic N) is 6. The lowest BCUT2D eigenvalue weighted by molar-refractivity contribution is 0.0958. The third-order valence-electron chi connectivity index (χ3n) is 3.10. The molecule has 9 nitrogen and oxygen atoms in total. The Morgan fingerprint density at radius 3 is 2.88 bits per heavy atom. The molecular weight excluding hydrogens is 310 g/mol. The van der Waals surface area contributed by atoms with E-state index in [4.69, 9.17) is 10.3 Å². The lowest BCUT2D eigenvalue weighted by Crippen LogP contribution is -2.18. The summed E-state index contributed by atoms with van der Waals surface area (Å²) in [5.41, 5.74) is 9.29. The van der Waals surface area contributed by atoms with E-state index in [0.717, 1.165) is 5.39 Å². The van der Waals surface area contributed by atoms with Crippen LogP contribution in [0.4, 0.5) is 5.95 Å². The van der Waals surface area contributed by atoms with Crippen LogP contribution in [0, 0.1) is 0 Å². The van der Waals surface area contributed by atoms with Crippen molar-refractivity contribution < 1.29 is 9.53 Å². The van der Waals surface area contributed by atoms with Crippen molar-refractivity contribution in [1.29, 1.82) is 0 Å². The maximum atomic E-state index is 11.6. The van der Waals surface area contributed by atoms with Gasteiger partial charge in [0.15, 0.2) is 0 Å². The molecule has 3 rings (SSSR count). The van der Waals surface area contributed by atoms with Gasteiger partial charge in [-0.3, -0.25) is 9.78 Å². The first-order valence-corrected chi connectivity index (χ1v) is 6.87. The van der Waals surface area contributed by atoms with E-state index in [0.29, 0.717) is 17.0 Å². The van der Waals surface area contributed by atoms with E-state index in [9.17, 15) is 4.79 Å². The van der Waals surface area contributed by atoms with Crippen molar-refractivity contribution >= 4 is 22.8 Å². The van der Waals surface area contributed by atoms with Crippen molar-refractivity contribution in [3.8, 4) is 11.5 Å². The fourth-order valence-corrected chi connectivity index (χ4v) is 2.02. The number of pyridine rings is 1. The first kappa shape index (κ1) is 15.2. The Balaban J connectivity index is 1.89. The van der Waals surface area contributed by atoms with E-state index in [2.05, 4.69) is 30.3 Å². The summed E-state index contributed by atoms with van der Waals surface area (Å²) < 4.78 is 5.74. The highest BCUT2D eigenvalue weighted by atomic mass is 16.5. The monoisotopic (exact) mass is 321 g/mol. The molecule has 0 atom stereocenters. The molecular formula is C15H11N7O2. The number of azide groups is 1. The van der Waals surface area contributed by atoms with Gasteiger partial charge in [0, 0.05) is 35.8 Å². The van der Waals surface area contributed by atoms with E-state index in [1.807, 2.05) is 0 Å². The molecule has 0 unspecified atom stereocenters. The Labute approximate surface area is 136 Å². The summed E-state index contributed by atoms with van der Waals surface area (Å²) in [6, 6.07) is 8.39. The minimum Gasteiger partial charge on any atom is -0.457 e. The maximum absolute atomic E-state index is 11.6. The summed E-state index contributed by atoms with van der Waals surface area (Å²) in [7, 11) is 1.53. The fraction of sp³-hybridized carbons (Fsp3) is 0.0667. The molecule has 0 spiro atoms. The highest BCUT2D eigenvalue weighted by Gasteiger charge is 2.07. The van der Waals surface area contributed by atoms with E-state index in [1.165, 1.54) is 13.2 Å². The minimum absolute atomic E-state index is 0.0584. The van der Waals surface area contributed by atoms with Gasteiger partial charge in [0.25, 0.3) is 5.91 Å². The molecule has 2 heterocycles. The Morgan fingerprint density at radius 1 is 1.25 bits per heavy atom. The molecule has 9 heteroatoms. The molecule has 0 aliphatic rings. The molecule has 0 saturated carbocycles. The standard InChI is InChI=1S/C15H11N7O2/c1-17-14(23)13-7-11(4-5-18-13)24-10-2-3-12-9(6-10)8-19-15(20-12)21-22-16/h2-8H,1H3,(H,17,23).